The summed E-state index contributed by atoms with van der Waals surface area (Å²) >= 11 is -2.34. The van der Waals surface area contributed by atoms with Crippen molar-refractivity contribution < 1.29 is 51.4 Å². The van der Waals surface area contributed by atoms with E-state index in [4.69, 9.17) is 36.1 Å². The Kier molecular flexibility index (Phi) is 13.2. The van der Waals surface area contributed by atoms with Crippen molar-refractivity contribution in [3.8, 4) is 0 Å². The van der Waals surface area contributed by atoms with Gasteiger partial charge in [0, 0.05) is 18.7 Å². The second-order valence-corrected chi connectivity index (χ2v) is 18.2. The maximum atomic E-state index is 9.90. The Morgan fingerprint density at radius 3 is 1.35 bits per heavy atom. The van der Waals surface area contributed by atoms with Crippen LogP contribution >= 0.6 is 11.4 Å². The Morgan fingerprint density at radius 1 is 1.00 bits per heavy atom. The van der Waals surface area contributed by atoms with E-state index < -0.39 is 28.9 Å². The standard InChI is InChI=1S/C6H14N2.C2H6O.2HO3P.Pt/c7-5-3-1-2-4-6(5)8;1-2-3;2*1-4(2)3;/h5-6H,1-4,7-8H2;3H,2H2,1H3;2*(H-,1,2,3);/q;;;;-2/p+2/t5-,6-;;;;/m1..../s1. The van der Waals surface area contributed by atoms with Gasteiger partial charge in [0.15, 0.2) is 0 Å². The van der Waals surface area contributed by atoms with Crippen LogP contribution in [0.15, 0.2) is 0 Å². The van der Waals surface area contributed by atoms with Gasteiger partial charge in [-0.1, -0.05) is 12.8 Å². The number of hydrogen-bond acceptors (Lipinski definition) is 5. The zero-order chi connectivity index (χ0) is 16.4. The SMILES string of the molecule is CCO.N[C@@H]1CCCC[C@H]1N.O=[P](O)(O)[Pt][P](=O)(O)O. The summed E-state index contributed by atoms with van der Waals surface area (Å²) < 4.78 is 19.8. The molecular weight excluding hydrogens is 493 g/mol. The normalized spacial score (nSPS) is 23.2. The first kappa shape index (κ1) is 23.1. The first-order chi connectivity index (χ1) is 8.93. The fourth-order valence-corrected chi connectivity index (χ4v) is 9.09. The summed E-state index contributed by atoms with van der Waals surface area (Å²) in [4.78, 5) is 32.1. The van der Waals surface area contributed by atoms with Gasteiger partial charge in [-0.3, -0.25) is 0 Å². The Balaban J connectivity index is 0. The van der Waals surface area contributed by atoms with Gasteiger partial charge in [-0.05, 0) is 19.8 Å². The van der Waals surface area contributed by atoms with Crippen LogP contribution < -0.4 is 11.5 Å². The predicted molar refractivity (Wildman–Crippen MR) is 71.3 cm³/mol. The van der Waals surface area contributed by atoms with Crippen molar-refractivity contribution in [2.24, 2.45) is 11.5 Å². The maximum absolute atomic E-state index is 9.90. The molecule has 0 aliphatic heterocycles. The van der Waals surface area contributed by atoms with Crippen molar-refractivity contribution in [2.45, 2.75) is 44.7 Å². The molecule has 12 heteroatoms. The van der Waals surface area contributed by atoms with Crippen LogP contribution in [0, 0.1) is 0 Å². The molecule has 0 heterocycles. The van der Waals surface area contributed by atoms with Gasteiger partial charge >= 0.3 is 57.6 Å². The number of hydrogen-bond donors (Lipinski definition) is 7. The summed E-state index contributed by atoms with van der Waals surface area (Å²) in [5, 5.41) is 7.57. The molecule has 0 saturated heterocycles. The van der Waals surface area contributed by atoms with Crippen molar-refractivity contribution in [1.82, 2.24) is 0 Å². The second-order valence-electron chi connectivity index (χ2n) is 3.87. The molecule has 1 saturated carbocycles. The van der Waals surface area contributed by atoms with Crippen LogP contribution in [0.5, 0.6) is 0 Å². The van der Waals surface area contributed by atoms with Crippen molar-refractivity contribution in [3.05, 3.63) is 0 Å². The van der Waals surface area contributed by atoms with Crippen LogP contribution in [0.2, 0.25) is 0 Å². The van der Waals surface area contributed by atoms with Gasteiger partial charge in [-0.2, -0.15) is 0 Å². The van der Waals surface area contributed by atoms with Crippen LogP contribution in [0.25, 0.3) is 0 Å². The molecule has 1 fully saturated rings. The van der Waals surface area contributed by atoms with Crippen molar-refractivity contribution >= 4 is 11.4 Å². The molecule has 9 N–H and O–H groups in total. The first-order valence-electron chi connectivity index (χ1n) is 5.79. The van der Waals surface area contributed by atoms with E-state index in [1.54, 1.807) is 6.92 Å². The average Bonchev–Trinajstić information content (AvgIpc) is 2.19. The number of rotatable bonds is 2. The molecule has 9 nitrogen and oxygen atoms in total. The van der Waals surface area contributed by atoms with E-state index in [1.165, 1.54) is 12.8 Å². The molecule has 0 spiro atoms. The molecule has 0 unspecified atom stereocenters. The van der Waals surface area contributed by atoms with Crippen LogP contribution in [0.1, 0.15) is 32.6 Å². The number of nitrogens with two attached hydrogens (primary N) is 2. The summed E-state index contributed by atoms with van der Waals surface area (Å²) in [6.07, 6.45) is 4.80. The quantitative estimate of drug-likeness (QED) is 0.236. The summed E-state index contributed by atoms with van der Waals surface area (Å²) in [5.74, 6) is 0. The van der Waals surface area contributed by atoms with Crippen molar-refractivity contribution in [2.75, 3.05) is 6.61 Å². The molecule has 0 aromatic heterocycles. The second kappa shape index (κ2) is 11.4. The van der Waals surface area contributed by atoms with E-state index in [0.717, 1.165) is 12.8 Å². The van der Waals surface area contributed by atoms with Crippen molar-refractivity contribution in [3.63, 3.8) is 0 Å². The van der Waals surface area contributed by atoms with Crippen LogP contribution in [0.3, 0.4) is 0 Å². The van der Waals surface area contributed by atoms with Crippen LogP contribution in [0.4, 0.5) is 0 Å². The fourth-order valence-electron chi connectivity index (χ4n) is 1.30. The first-order valence-corrected chi connectivity index (χ1v) is 14.8. The van der Waals surface area contributed by atoms with E-state index in [2.05, 4.69) is 0 Å². The Hall–Kier alpha value is 0.868. The molecule has 1 aliphatic rings. The molecule has 0 bridgehead atoms. The van der Waals surface area contributed by atoms with Gasteiger partial charge in [-0.25, -0.2) is 0 Å². The molecular formula is C8H24N2O7P2Pt. The summed E-state index contributed by atoms with van der Waals surface area (Å²) in [5.41, 5.74) is 2.43. The van der Waals surface area contributed by atoms with E-state index in [1.807, 2.05) is 0 Å². The third-order valence-electron chi connectivity index (χ3n) is 2.04. The molecule has 20 heavy (non-hydrogen) atoms. The molecule has 0 aromatic carbocycles. The van der Waals surface area contributed by atoms with E-state index in [-0.39, 0.29) is 18.7 Å². The summed E-state index contributed by atoms with van der Waals surface area (Å²) in [6, 6.07) is 0.562. The zero-order valence-electron chi connectivity index (χ0n) is 11.1. The van der Waals surface area contributed by atoms with E-state index >= 15 is 0 Å². The molecule has 1 aliphatic carbocycles. The third kappa shape index (κ3) is 18.9. The molecule has 0 radical (unpaired) electrons. The monoisotopic (exact) mass is 517 g/mol. The molecule has 128 valence electrons. The molecule has 2 atom stereocenters. The number of aliphatic hydroxyl groups excluding tert-OH is 1. The Morgan fingerprint density at radius 2 is 1.25 bits per heavy atom. The average molecular weight is 517 g/mol. The van der Waals surface area contributed by atoms with Crippen LogP contribution in [-0.2, 0) is 26.7 Å². The minimum atomic E-state index is -4.44. The van der Waals surface area contributed by atoms with Gasteiger partial charge in [-0.15, -0.1) is 0 Å². The summed E-state index contributed by atoms with van der Waals surface area (Å²) in [6.45, 7) is 1.93. The zero-order valence-corrected chi connectivity index (χ0v) is 15.2. The molecule has 0 aromatic rings. The van der Waals surface area contributed by atoms with E-state index in [9.17, 15) is 9.13 Å². The molecule has 0 amide bonds. The Labute approximate surface area is 125 Å². The van der Waals surface area contributed by atoms with Gasteiger partial charge in [0.2, 0.25) is 0 Å². The van der Waals surface area contributed by atoms with E-state index in [0.29, 0.717) is 0 Å². The van der Waals surface area contributed by atoms with Gasteiger partial charge < -0.3 is 16.6 Å². The molecule has 1 rings (SSSR count). The topological polar surface area (TPSA) is 187 Å². The van der Waals surface area contributed by atoms with Gasteiger partial charge in [0.25, 0.3) is 0 Å². The predicted octanol–water partition coefficient (Wildman–Crippen LogP) is -0.532. The van der Waals surface area contributed by atoms with Gasteiger partial charge in [0.1, 0.15) is 0 Å². The van der Waals surface area contributed by atoms with Gasteiger partial charge in [0.05, 0.1) is 0 Å². The minimum absolute atomic E-state index is 0.250. The Bertz CT molecular complexity index is 305. The summed E-state index contributed by atoms with van der Waals surface area (Å²) in [7, 11) is 0. The number of aliphatic hydroxyl groups is 1. The van der Waals surface area contributed by atoms with Crippen molar-refractivity contribution in [1.29, 1.82) is 0 Å². The third-order valence-corrected chi connectivity index (χ3v) is 14.0. The van der Waals surface area contributed by atoms with Crippen LogP contribution in [-0.4, -0.2) is 43.4 Å². The fraction of sp³-hybridized carbons (Fsp3) is 1.00.